The van der Waals surface area contributed by atoms with E-state index < -0.39 is 5.97 Å². The Morgan fingerprint density at radius 2 is 2.08 bits per heavy atom. The van der Waals surface area contributed by atoms with Crippen LogP contribution in [-0.4, -0.2) is 34.5 Å². The van der Waals surface area contributed by atoms with E-state index in [1.54, 1.807) is 24.3 Å². The van der Waals surface area contributed by atoms with Crippen LogP contribution in [0.5, 0.6) is 0 Å². The number of ether oxygens (including phenoxy) is 1. The van der Waals surface area contributed by atoms with Crippen LogP contribution in [0.25, 0.3) is 10.9 Å². The fraction of sp³-hybridized carbons (Fsp3) is 0.444. The van der Waals surface area contributed by atoms with Gasteiger partial charge in [0, 0.05) is 12.5 Å². The number of amides is 1. The number of H-pyrrole nitrogens is 1. The first kappa shape index (κ1) is 18.6. The number of aryl methyl sites for hydroxylation is 1. The number of carbonyl (C=O) groups is 2. The van der Waals surface area contributed by atoms with Crippen molar-refractivity contribution in [2.45, 2.75) is 45.6 Å². The van der Waals surface area contributed by atoms with Crippen LogP contribution in [0, 0.1) is 0 Å². The van der Waals surface area contributed by atoms with E-state index in [1.165, 1.54) is 0 Å². The quantitative estimate of drug-likeness (QED) is 0.709. The molecule has 0 saturated heterocycles. The molecule has 0 aliphatic carbocycles. The zero-order chi connectivity index (χ0) is 18.2. The van der Waals surface area contributed by atoms with Crippen molar-refractivity contribution in [2.75, 3.05) is 6.61 Å². The Morgan fingerprint density at radius 1 is 1.32 bits per heavy atom. The van der Waals surface area contributed by atoms with Gasteiger partial charge in [0.15, 0.2) is 6.61 Å². The summed E-state index contributed by atoms with van der Waals surface area (Å²) in [7, 11) is 0. The van der Waals surface area contributed by atoms with E-state index in [-0.39, 0.29) is 37.0 Å². The van der Waals surface area contributed by atoms with Gasteiger partial charge in [-0.2, -0.15) is 0 Å². The van der Waals surface area contributed by atoms with Crippen LogP contribution in [0.1, 0.15) is 38.9 Å². The third kappa shape index (κ3) is 5.70. The number of hydrogen-bond acceptors (Lipinski definition) is 5. The molecule has 1 amide bonds. The van der Waals surface area contributed by atoms with E-state index in [0.29, 0.717) is 16.7 Å². The van der Waals surface area contributed by atoms with Gasteiger partial charge in [-0.05, 0) is 25.5 Å². The molecule has 1 aromatic heterocycles. The molecule has 0 unspecified atom stereocenters. The lowest BCUT2D eigenvalue weighted by Crippen LogP contribution is -2.35. The molecule has 2 aromatic rings. The maximum Gasteiger partial charge on any atom is 0.306 e. The molecule has 0 fully saturated rings. The molecular formula is C18H23N3O4. The summed E-state index contributed by atoms with van der Waals surface area (Å²) >= 11 is 0. The molecule has 0 spiro atoms. The number of fused-ring (bicyclic) bond motifs is 1. The van der Waals surface area contributed by atoms with Gasteiger partial charge >= 0.3 is 5.97 Å². The number of esters is 1. The highest BCUT2D eigenvalue weighted by Gasteiger charge is 2.11. The minimum Gasteiger partial charge on any atom is -0.456 e. The van der Waals surface area contributed by atoms with E-state index in [4.69, 9.17) is 4.74 Å². The summed E-state index contributed by atoms with van der Waals surface area (Å²) in [6, 6.07) is 7.06. The number of nitrogens with one attached hydrogen (secondary N) is 2. The van der Waals surface area contributed by atoms with E-state index in [0.717, 1.165) is 12.8 Å². The molecule has 7 heteroatoms. The van der Waals surface area contributed by atoms with Gasteiger partial charge in [-0.15, -0.1) is 0 Å². The van der Waals surface area contributed by atoms with Gasteiger partial charge in [-0.1, -0.05) is 25.5 Å². The van der Waals surface area contributed by atoms with E-state index >= 15 is 0 Å². The van der Waals surface area contributed by atoms with Gasteiger partial charge in [0.1, 0.15) is 5.82 Å². The van der Waals surface area contributed by atoms with Crippen molar-refractivity contribution in [3.05, 3.63) is 40.4 Å². The van der Waals surface area contributed by atoms with Crippen molar-refractivity contribution in [1.82, 2.24) is 15.3 Å². The second-order valence-corrected chi connectivity index (χ2v) is 5.95. The SMILES string of the molecule is CCC[C@H](C)NC(=O)COC(=O)CCc1nc2ccccc2c(=O)[nH]1. The average molecular weight is 345 g/mol. The molecule has 0 radical (unpaired) electrons. The average Bonchev–Trinajstić information content (AvgIpc) is 2.58. The lowest BCUT2D eigenvalue weighted by atomic mass is 10.2. The minimum atomic E-state index is -0.505. The summed E-state index contributed by atoms with van der Waals surface area (Å²) in [6.07, 6.45) is 2.13. The molecule has 0 saturated carbocycles. The van der Waals surface area contributed by atoms with Crippen molar-refractivity contribution in [3.63, 3.8) is 0 Å². The van der Waals surface area contributed by atoms with Crippen LogP contribution in [0.15, 0.2) is 29.1 Å². The van der Waals surface area contributed by atoms with E-state index in [9.17, 15) is 14.4 Å². The Hall–Kier alpha value is -2.70. The lowest BCUT2D eigenvalue weighted by Gasteiger charge is -2.12. The highest BCUT2D eigenvalue weighted by Crippen LogP contribution is 2.06. The summed E-state index contributed by atoms with van der Waals surface area (Å²) in [4.78, 5) is 42.3. The smallest absolute Gasteiger partial charge is 0.306 e. The molecule has 134 valence electrons. The Balaban J connectivity index is 1.82. The maximum absolute atomic E-state index is 12.0. The summed E-state index contributed by atoms with van der Waals surface area (Å²) < 4.78 is 4.95. The zero-order valence-corrected chi connectivity index (χ0v) is 14.5. The number of nitrogens with zero attached hydrogens (tertiary/aromatic N) is 1. The van der Waals surface area contributed by atoms with Crippen LogP contribution in [0.2, 0.25) is 0 Å². The van der Waals surface area contributed by atoms with Crippen molar-refractivity contribution in [2.24, 2.45) is 0 Å². The number of para-hydroxylation sites is 1. The summed E-state index contributed by atoms with van der Waals surface area (Å²) in [5.74, 6) is -0.401. The molecule has 0 bridgehead atoms. The highest BCUT2D eigenvalue weighted by molar-refractivity contribution is 5.80. The monoisotopic (exact) mass is 345 g/mol. The van der Waals surface area contributed by atoms with Gasteiger partial charge in [0.25, 0.3) is 11.5 Å². The molecular weight excluding hydrogens is 322 g/mol. The van der Waals surface area contributed by atoms with Crippen molar-refractivity contribution in [3.8, 4) is 0 Å². The molecule has 2 N–H and O–H groups in total. The Labute approximate surface area is 145 Å². The largest absolute Gasteiger partial charge is 0.456 e. The summed E-state index contributed by atoms with van der Waals surface area (Å²) in [6.45, 7) is 3.65. The van der Waals surface area contributed by atoms with Crippen LogP contribution in [-0.2, 0) is 20.7 Å². The van der Waals surface area contributed by atoms with Gasteiger partial charge in [0.05, 0.1) is 17.3 Å². The highest BCUT2D eigenvalue weighted by atomic mass is 16.5. The molecule has 1 atom stereocenters. The van der Waals surface area contributed by atoms with Crippen LogP contribution < -0.4 is 10.9 Å². The lowest BCUT2D eigenvalue weighted by molar-refractivity contribution is -0.148. The molecule has 0 aliphatic rings. The van der Waals surface area contributed by atoms with Crippen molar-refractivity contribution in [1.29, 1.82) is 0 Å². The van der Waals surface area contributed by atoms with Crippen molar-refractivity contribution >= 4 is 22.8 Å². The first-order chi connectivity index (χ1) is 12.0. The van der Waals surface area contributed by atoms with Gasteiger partial charge < -0.3 is 15.0 Å². The predicted octanol–water partition coefficient (Wildman–Crippen LogP) is 1.70. The molecule has 25 heavy (non-hydrogen) atoms. The van der Waals surface area contributed by atoms with E-state index in [1.807, 2.05) is 13.8 Å². The first-order valence-electron chi connectivity index (χ1n) is 8.42. The third-order valence-corrected chi connectivity index (χ3v) is 3.72. The topological polar surface area (TPSA) is 101 Å². The predicted molar refractivity (Wildman–Crippen MR) is 94.2 cm³/mol. The molecule has 0 aliphatic heterocycles. The number of rotatable bonds is 8. The van der Waals surface area contributed by atoms with Gasteiger partial charge in [0.2, 0.25) is 0 Å². The molecule has 2 rings (SSSR count). The fourth-order valence-corrected chi connectivity index (χ4v) is 2.51. The second-order valence-electron chi connectivity index (χ2n) is 5.95. The van der Waals surface area contributed by atoms with Crippen LogP contribution in [0.4, 0.5) is 0 Å². The second kappa shape index (κ2) is 8.96. The normalized spacial score (nSPS) is 11.9. The zero-order valence-electron chi connectivity index (χ0n) is 14.5. The van der Waals surface area contributed by atoms with Crippen LogP contribution in [0.3, 0.4) is 0 Å². The Kier molecular flexibility index (Phi) is 6.68. The Bertz CT molecular complexity index is 800. The fourth-order valence-electron chi connectivity index (χ4n) is 2.51. The van der Waals surface area contributed by atoms with Gasteiger partial charge in [-0.25, -0.2) is 4.98 Å². The molecule has 1 heterocycles. The van der Waals surface area contributed by atoms with Crippen molar-refractivity contribution < 1.29 is 14.3 Å². The first-order valence-corrected chi connectivity index (χ1v) is 8.42. The molecule has 1 aromatic carbocycles. The van der Waals surface area contributed by atoms with Gasteiger partial charge in [-0.3, -0.25) is 14.4 Å². The molecule has 7 nitrogen and oxygen atoms in total. The number of aromatic amines is 1. The number of hydrogen-bond donors (Lipinski definition) is 2. The summed E-state index contributed by atoms with van der Waals surface area (Å²) in [5, 5.41) is 3.27. The Morgan fingerprint density at radius 3 is 2.84 bits per heavy atom. The summed E-state index contributed by atoms with van der Waals surface area (Å²) in [5.41, 5.74) is 0.345. The van der Waals surface area contributed by atoms with E-state index in [2.05, 4.69) is 15.3 Å². The number of carbonyl (C=O) groups excluding carboxylic acids is 2. The number of benzene rings is 1. The minimum absolute atomic E-state index is 0.0407. The maximum atomic E-state index is 12.0. The van der Waals surface area contributed by atoms with Crippen LogP contribution >= 0.6 is 0 Å². The standard InChI is InChI=1S/C18H23N3O4/c1-3-6-12(2)19-16(22)11-25-17(23)10-9-15-20-14-8-5-4-7-13(14)18(24)21-15/h4-5,7-8,12H,3,6,9-11H2,1-2H3,(H,19,22)(H,20,21,24)/t12-/m0/s1. The number of aromatic nitrogens is 2. The third-order valence-electron chi connectivity index (χ3n) is 3.72.